The van der Waals surface area contributed by atoms with Crippen LogP contribution in [0.25, 0.3) is 16.8 Å². The third-order valence-electron chi connectivity index (χ3n) is 5.43. The number of benzene rings is 1. The van der Waals surface area contributed by atoms with Crippen molar-refractivity contribution in [3.63, 3.8) is 0 Å². The maximum absolute atomic E-state index is 15.0. The molecule has 0 spiro atoms. The average molecular weight is 451 g/mol. The number of hydrogen-bond donors (Lipinski definition) is 2. The van der Waals surface area contributed by atoms with Crippen LogP contribution in [0.5, 0.6) is 0 Å². The summed E-state index contributed by atoms with van der Waals surface area (Å²) in [5.74, 6) is -0.454. The number of anilines is 1. The second-order valence-corrected chi connectivity index (χ2v) is 7.73. The average Bonchev–Trinajstić information content (AvgIpc) is 3.57. The van der Waals surface area contributed by atoms with Gasteiger partial charge in [-0.25, -0.2) is 13.9 Å². The molecule has 2 aliphatic heterocycles. The quantitative estimate of drug-likeness (QED) is 0.562. The van der Waals surface area contributed by atoms with Gasteiger partial charge >= 0.3 is 6.09 Å². The fourth-order valence-corrected chi connectivity index (χ4v) is 3.82. The van der Waals surface area contributed by atoms with Crippen molar-refractivity contribution >= 4 is 17.5 Å². The number of carbonyl (C=O) groups is 1. The Morgan fingerprint density at radius 1 is 1.30 bits per heavy atom. The molecule has 0 bridgehead atoms. The summed E-state index contributed by atoms with van der Waals surface area (Å²) in [6.45, 7) is 1.36. The number of nitrogens with zero attached hydrogens (tertiary/aromatic N) is 5. The molecule has 0 saturated carbocycles. The third kappa shape index (κ3) is 4.41. The number of likely N-dealkylation sites (N-methyl/N-ethyl adjacent to an activating group) is 1. The highest BCUT2D eigenvalue weighted by molar-refractivity contribution is 5.90. The Kier molecular flexibility index (Phi) is 5.71. The number of aromatic nitrogens is 4. The van der Waals surface area contributed by atoms with Gasteiger partial charge in [0.15, 0.2) is 0 Å². The zero-order chi connectivity index (χ0) is 22.8. The molecule has 4 heterocycles. The number of nitrogens with one attached hydrogen (secondary N) is 2. The number of cyclic esters (lactones) is 1. The Morgan fingerprint density at radius 2 is 2.21 bits per heavy atom. The van der Waals surface area contributed by atoms with Gasteiger partial charge in [0.2, 0.25) is 0 Å². The van der Waals surface area contributed by atoms with Crippen LogP contribution in [0.1, 0.15) is 5.69 Å². The van der Waals surface area contributed by atoms with Crippen molar-refractivity contribution in [1.29, 1.82) is 0 Å². The SMILES string of the molecule is CNC[C@@H]1C=C(c2ccc(-c3ccc(N4C[C@H](Cn5ccnn5)OC4=O)cc3F)cn2)NO1. The standard InChI is InChI=1S/C22H22FN7O3/c1-24-11-16-9-21(27-33-16)20-5-2-14(10-25-20)18-4-3-15(8-19(18)23)30-13-17(32-22(30)31)12-29-7-6-26-28-29/h2-10,16-17,24,27H,11-13H2,1H3/t16-,17-/m0/s1. The van der Waals surface area contributed by atoms with Crippen molar-refractivity contribution < 1.29 is 18.8 Å². The van der Waals surface area contributed by atoms with Crippen LogP contribution in [-0.2, 0) is 16.1 Å². The van der Waals surface area contributed by atoms with Gasteiger partial charge in [-0.2, -0.15) is 0 Å². The molecule has 1 amide bonds. The Hall–Kier alpha value is -3.83. The van der Waals surface area contributed by atoms with Crippen LogP contribution in [0.4, 0.5) is 14.9 Å². The molecule has 5 rings (SSSR count). The predicted molar refractivity (Wildman–Crippen MR) is 117 cm³/mol. The lowest BCUT2D eigenvalue weighted by Crippen LogP contribution is -2.26. The van der Waals surface area contributed by atoms with E-state index in [-0.39, 0.29) is 6.10 Å². The van der Waals surface area contributed by atoms with Crippen molar-refractivity contribution in [2.24, 2.45) is 0 Å². The maximum atomic E-state index is 15.0. The number of carbonyl (C=O) groups excluding carboxylic acids is 1. The van der Waals surface area contributed by atoms with Crippen LogP contribution in [0.2, 0.25) is 0 Å². The summed E-state index contributed by atoms with van der Waals surface area (Å²) in [4.78, 5) is 23.6. The van der Waals surface area contributed by atoms with Crippen LogP contribution in [0.15, 0.2) is 55.0 Å². The number of pyridine rings is 1. The molecule has 1 aromatic carbocycles. The van der Waals surface area contributed by atoms with Gasteiger partial charge in [0, 0.05) is 30.1 Å². The minimum atomic E-state index is -0.519. The molecule has 33 heavy (non-hydrogen) atoms. The van der Waals surface area contributed by atoms with Crippen LogP contribution >= 0.6 is 0 Å². The molecule has 0 radical (unpaired) electrons. The first kappa shape index (κ1) is 21.0. The Morgan fingerprint density at radius 3 is 2.94 bits per heavy atom. The van der Waals surface area contributed by atoms with E-state index in [9.17, 15) is 9.18 Å². The van der Waals surface area contributed by atoms with E-state index in [1.165, 1.54) is 11.0 Å². The monoisotopic (exact) mass is 451 g/mol. The molecule has 3 aromatic rings. The first-order chi connectivity index (χ1) is 16.1. The van der Waals surface area contributed by atoms with E-state index in [2.05, 4.69) is 26.1 Å². The van der Waals surface area contributed by atoms with Gasteiger partial charge in [-0.15, -0.1) is 5.10 Å². The zero-order valence-corrected chi connectivity index (χ0v) is 17.8. The smallest absolute Gasteiger partial charge is 0.414 e. The van der Waals surface area contributed by atoms with Crippen LogP contribution in [0, 0.1) is 5.82 Å². The van der Waals surface area contributed by atoms with Gasteiger partial charge in [0.1, 0.15) is 18.0 Å². The van der Waals surface area contributed by atoms with Crippen molar-refractivity contribution in [2.75, 3.05) is 25.0 Å². The molecule has 1 fully saturated rings. The Bertz CT molecular complexity index is 1170. The summed E-state index contributed by atoms with van der Waals surface area (Å²) in [5.41, 5.74) is 5.78. The van der Waals surface area contributed by atoms with E-state index in [4.69, 9.17) is 9.57 Å². The van der Waals surface area contributed by atoms with E-state index >= 15 is 0 Å². The normalized spacial score (nSPS) is 20.0. The predicted octanol–water partition coefficient (Wildman–Crippen LogP) is 1.97. The second kappa shape index (κ2) is 8.96. The molecule has 10 nitrogen and oxygen atoms in total. The minimum Gasteiger partial charge on any atom is -0.442 e. The summed E-state index contributed by atoms with van der Waals surface area (Å²) in [5, 5.41) is 10.7. The fraction of sp³-hybridized carbons (Fsp3) is 0.273. The van der Waals surface area contributed by atoms with Crippen molar-refractivity contribution in [1.82, 2.24) is 30.8 Å². The summed E-state index contributed by atoms with van der Waals surface area (Å²) < 4.78 is 21.9. The van der Waals surface area contributed by atoms with E-state index in [1.54, 1.807) is 47.5 Å². The van der Waals surface area contributed by atoms with Gasteiger partial charge in [0.25, 0.3) is 0 Å². The largest absolute Gasteiger partial charge is 0.442 e. The van der Waals surface area contributed by atoms with E-state index in [1.807, 2.05) is 13.1 Å². The van der Waals surface area contributed by atoms with Crippen LogP contribution in [0.3, 0.4) is 0 Å². The number of hydroxylamine groups is 1. The lowest BCUT2D eigenvalue weighted by Gasteiger charge is -2.14. The molecule has 2 aromatic heterocycles. The van der Waals surface area contributed by atoms with Gasteiger partial charge in [-0.1, -0.05) is 11.3 Å². The lowest BCUT2D eigenvalue weighted by atomic mass is 10.1. The molecule has 2 atom stereocenters. The van der Waals surface area contributed by atoms with Crippen LogP contribution < -0.4 is 15.7 Å². The second-order valence-electron chi connectivity index (χ2n) is 7.73. The summed E-state index contributed by atoms with van der Waals surface area (Å²) in [7, 11) is 1.85. The van der Waals surface area contributed by atoms with E-state index in [0.29, 0.717) is 42.1 Å². The number of halogens is 1. The number of hydrogen-bond acceptors (Lipinski definition) is 8. The molecule has 170 valence electrons. The van der Waals surface area contributed by atoms with E-state index in [0.717, 1.165) is 5.70 Å². The zero-order valence-electron chi connectivity index (χ0n) is 17.8. The minimum absolute atomic E-state index is 0.0791. The highest BCUT2D eigenvalue weighted by Crippen LogP contribution is 2.29. The molecule has 1 saturated heterocycles. The number of amides is 1. The highest BCUT2D eigenvalue weighted by Gasteiger charge is 2.33. The number of rotatable bonds is 7. The van der Waals surface area contributed by atoms with Crippen molar-refractivity contribution in [3.05, 3.63) is 66.5 Å². The molecule has 2 aliphatic rings. The topological polar surface area (TPSA) is 106 Å². The first-order valence-electron chi connectivity index (χ1n) is 10.5. The lowest BCUT2D eigenvalue weighted by molar-refractivity contribution is 0.0527. The summed E-state index contributed by atoms with van der Waals surface area (Å²) >= 11 is 0. The van der Waals surface area contributed by atoms with Gasteiger partial charge in [-0.05, 0) is 37.4 Å². The Labute approximate surface area is 189 Å². The fourth-order valence-electron chi connectivity index (χ4n) is 3.82. The molecular formula is C22H22FN7O3. The molecule has 2 N–H and O–H groups in total. The summed E-state index contributed by atoms with van der Waals surface area (Å²) in [6, 6.07) is 8.27. The first-order valence-corrected chi connectivity index (χ1v) is 10.5. The Balaban J connectivity index is 1.29. The highest BCUT2D eigenvalue weighted by atomic mass is 19.1. The van der Waals surface area contributed by atoms with Crippen molar-refractivity contribution in [2.45, 2.75) is 18.8 Å². The molecule has 0 aliphatic carbocycles. The molecular weight excluding hydrogens is 429 g/mol. The maximum Gasteiger partial charge on any atom is 0.414 e. The van der Waals surface area contributed by atoms with Crippen molar-refractivity contribution in [3.8, 4) is 11.1 Å². The van der Waals surface area contributed by atoms with Gasteiger partial charge in [-0.3, -0.25) is 20.2 Å². The third-order valence-corrected chi connectivity index (χ3v) is 5.43. The van der Waals surface area contributed by atoms with Gasteiger partial charge < -0.3 is 10.1 Å². The van der Waals surface area contributed by atoms with E-state index < -0.39 is 18.0 Å². The molecule has 0 unspecified atom stereocenters. The molecule has 11 heteroatoms. The summed E-state index contributed by atoms with van der Waals surface area (Å²) in [6.07, 6.45) is 5.81. The van der Waals surface area contributed by atoms with Gasteiger partial charge in [0.05, 0.1) is 36.4 Å². The number of ether oxygens (including phenoxy) is 1. The van der Waals surface area contributed by atoms with Crippen LogP contribution in [-0.4, -0.2) is 58.4 Å².